The number of thioether (sulfide) groups is 1. The van der Waals surface area contributed by atoms with Gasteiger partial charge < -0.3 is 14.5 Å². The molecule has 1 N–H and O–H groups in total. The van der Waals surface area contributed by atoms with E-state index < -0.39 is 5.25 Å². The summed E-state index contributed by atoms with van der Waals surface area (Å²) in [6.07, 6.45) is 4.28. The predicted molar refractivity (Wildman–Crippen MR) is 99.7 cm³/mol. The normalized spacial score (nSPS) is 15.1. The maximum Gasteiger partial charge on any atom is 0.319 e. The van der Waals surface area contributed by atoms with Gasteiger partial charge in [0.05, 0.1) is 12.0 Å². The van der Waals surface area contributed by atoms with Crippen molar-refractivity contribution < 1.29 is 14.3 Å². The van der Waals surface area contributed by atoms with Crippen molar-refractivity contribution in [3.8, 4) is 0 Å². The van der Waals surface area contributed by atoms with Crippen LogP contribution in [0.2, 0.25) is 0 Å². The molecule has 0 saturated carbocycles. The van der Waals surface area contributed by atoms with Crippen LogP contribution in [0.5, 0.6) is 0 Å². The van der Waals surface area contributed by atoms with E-state index in [4.69, 9.17) is 9.47 Å². The Bertz CT molecular complexity index is 815. The molecule has 1 atom stereocenters. The van der Waals surface area contributed by atoms with Gasteiger partial charge in [-0.1, -0.05) is 11.8 Å². The van der Waals surface area contributed by atoms with E-state index in [9.17, 15) is 9.59 Å². The number of hydrogen-bond donors (Lipinski definition) is 1. The molecule has 6 nitrogen and oxygen atoms in total. The minimum Gasteiger partial charge on any atom is -0.462 e. The molecule has 0 aliphatic heterocycles. The number of H-pyrrole nitrogens is 1. The Labute approximate surface area is 154 Å². The van der Waals surface area contributed by atoms with E-state index in [1.165, 1.54) is 28.6 Å². The van der Waals surface area contributed by atoms with Gasteiger partial charge in [-0.25, -0.2) is 4.98 Å². The molecular formula is C17H22N2O4S2. The highest BCUT2D eigenvalue weighted by atomic mass is 32.2. The molecular weight excluding hydrogens is 360 g/mol. The second-order valence-corrected chi connectivity index (χ2v) is 8.30. The van der Waals surface area contributed by atoms with Gasteiger partial charge in [0.2, 0.25) is 0 Å². The van der Waals surface area contributed by atoms with E-state index in [-0.39, 0.29) is 18.1 Å². The number of hydrogen-bond acceptors (Lipinski definition) is 7. The van der Waals surface area contributed by atoms with Gasteiger partial charge in [-0.2, -0.15) is 0 Å². The van der Waals surface area contributed by atoms with Crippen LogP contribution in [0.4, 0.5) is 0 Å². The predicted octanol–water partition coefficient (Wildman–Crippen LogP) is 2.92. The van der Waals surface area contributed by atoms with Crippen LogP contribution in [0.1, 0.15) is 37.1 Å². The number of thiophene rings is 1. The molecule has 8 heteroatoms. The number of fused-ring (bicyclic) bond motifs is 3. The lowest BCUT2D eigenvalue weighted by atomic mass is 9.97. The highest BCUT2D eigenvalue weighted by Gasteiger charge is 2.22. The van der Waals surface area contributed by atoms with Gasteiger partial charge in [-0.05, 0) is 45.1 Å². The molecule has 0 amide bonds. The van der Waals surface area contributed by atoms with Gasteiger partial charge in [-0.3, -0.25) is 9.59 Å². The fourth-order valence-electron chi connectivity index (χ4n) is 2.88. The fourth-order valence-corrected chi connectivity index (χ4v) is 4.99. The number of rotatable bonds is 7. The Morgan fingerprint density at radius 2 is 2.16 bits per heavy atom. The quantitative estimate of drug-likeness (QED) is 0.343. The molecule has 0 fully saturated rings. The van der Waals surface area contributed by atoms with Crippen molar-refractivity contribution in [1.82, 2.24) is 9.97 Å². The number of carbonyl (C=O) groups excluding carboxylic acids is 1. The molecule has 0 radical (unpaired) electrons. The lowest BCUT2D eigenvalue weighted by molar-refractivity contribution is -0.144. The number of aromatic nitrogens is 2. The molecule has 2 aromatic heterocycles. The van der Waals surface area contributed by atoms with Crippen molar-refractivity contribution in [2.45, 2.75) is 49.9 Å². The Morgan fingerprint density at radius 1 is 1.36 bits per heavy atom. The highest BCUT2D eigenvalue weighted by molar-refractivity contribution is 8.00. The summed E-state index contributed by atoms with van der Waals surface area (Å²) in [4.78, 5) is 33.9. The van der Waals surface area contributed by atoms with Crippen LogP contribution < -0.4 is 5.56 Å². The van der Waals surface area contributed by atoms with E-state index in [2.05, 4.69) is 9.97 Å². The molecule has 2 aromatic rings. The van der Waals surface area contributed by atoms with Crippen molar-refractivity contribution >= 4 is 39.3 Å². The van der Waals surface area contributed by atoms with Crippen molar-refractivity contribution in [3.63, 3.8) is 0 Å². The van der Waals surface area contributed by atoms with E-state index in [0.717, 1.165) is 29.5 Å². The molecule has 25 heavy (non-hydrogen) atoms. The van der Waals surface area contributed by atoms with Crippen LogP contribution in [-0.2, 0) is 27.1 Å². The summed E-state index contributed by atoms with van der Waals surface area (Å²) >= 11 is 2.82. The fraction of sp³-hybridized carbons (Fsp3) is 0.588. The Kier molecular flexibility index (Phi) is 6.14. The van der Waals surface area contributed by atoms with Gasteiger partial charge in [0.25, 0.3) is 5.56 Å². The summed E-state index contributed by atoms with van der Waals surface area (Å²) in [5.41, 5.74) is 1.06. The first-order chi connectivity index (χ1) is 12.1. The van der Waals surface area contributed by atoms with Crippen LogP contribution >= 0.6 is 23.1 Å². The second kappa shape index (κ2) is 8.33. The largest absolute Gasteiger partial charge is 0.462 e. The number of esters is 1. The number of aromatic amines is 1. The summed E-state index contributed by atoms with van der Waals surface area (Å²) in [6, 6.07) is 0. The van der Waals surface area contributed by atoms with Crippen molar-refractivity contribution in [2.75, 3.05) is 19.8 Å². The van der Waals surface area contributed by atoms with E-state index >= 15 is 0 Å². The van der Waals surface area contributed by atoms with E-state index in [1.807, 2.05) is 6.92 Å². The molecule has 2 heterocycles. The van der Waals surface area contributed by atoms with Crippen LogP contribution in [-0.4, -0.2) is 41.0 Å². The minimum atomic E-state index is -0.447. The summed E-state index contributed by atoms with van der Waals surface area (Å²) in [5.74, 6) is -0.335. The summed E-state index contributed by atoms with van der Waals surface area (Å²) in [5, 5.41) is 0.748. The van der Waals surface area contributed by atoms with E-state index in [1.54, 1.807) is 18.3 Å². The first-order valence-electron chi connectivity index (χ1n) is 8.55. The Hall–Kier alpha value is -1.38. The summed E-state index contributed by atoms with van der Waals surface area (Å²) in [7, 11) is 0. The molecule has 0 saturated heterocycles. The maximum atomic E-state index is 12.5. The average Bonchev–Trinajstić information content (AvgIpc) is 2.97. The Morgan fingerprint density at radius 3 is 2.96 bits per heavy atom. The Balaban J connectivity index is 1.71. The zero-order valence-corrected chi connectivity index (χ0v) is 16.1. The number of nitrogens with zero attached hydrogens (tertiary/aromatic N) is 1. The van der Waals surface area contributed by atoms with Gasteiger partial charge >= 0.3 is 5.97 Å². The third-order valence-corrected chi connectivity index (χ3v) is 6.25. The van der Waals surface area contributed by atoms with E-state index in [0.29, 0.717) is 18.4 Å². The van der Waals surface area contributed by atoms with Gasteiger partial charge in [0.15, 0.2) is 5.16 Å². The summed E-state index contributed by atoms with van der Waals surface area (Å²) < 4.78 is 10.3. The summed E-state index contributed by atoms with van der Waals surface area (Å²) in [6.45, 7) is 4.86. The van der Waals surface area contributed by atoms with Gasteiger partial charge in [-0.15, -0.1) is 11.3 Å². The lowest BCUT2D eigenvalue weighted by Gasteiger charge is -2.11. The first kappa shape index (κ1) is 18.4. The van der Waals surface area contributed by atoms with Crippen LogP contribution in [0.15, 0.2) is 9.95 Å². The van der Waals surface area contributed by atoms with Crippen LogP contribution in [0.25, 0.3) is 10.2 Å². The van der Waals surface area contributed by atoms with Crippen LogP contribution in [0, 0.1) is 0 Å². The minimum absolute atomic E-state index is 0.108. The number of aryl methyl sites for hydroxylation is 2. The van der Waals surface area contributed by atoms with Gasteiger partial charge in [0, 0.05) is 11.5 Å². The molecule has 1 aliphatic rings. The zero-order valence-electron chi connectivity index (χ0n) is 14.4. The number of ether oxygens (including phenoxy) is 2. The van der Waals surface area contributed by atoms with Gasteiger partial charge in [0.1, 0.15) is 16.7 Å². The number of carbonyl (C=O) groups is 1. The third-order valence-electron chi connectivity index (χ3n) is 4.10. The zero-order chi connectivity index (χ0) is 17.8. The maximum absolute atomic E-state index is 12.5. The molecule has 1 aliphatic carbocycles. The average molecular weight is 383 g/mol. The van der Waals surface area contributed by atoms with Crippen molar-refractivity contribution in [1.29, 1.82) is 0 Å². The third kappa shape index (κ3) is 4.24. The topological polar surface area (TPSA) is 81.3 Å². The standard InChI is InChI=1S/C17H22N2O4S2/c1-3-22-8-9-23-16(21)10(2)24-17-18-14(20)13-11-6-4-5-7-12(11)25-15(13)19-17/h10H,3-9H2,1-2H3,(H,18,19,20). The molecule has 0 spiro atoms. The first-order valence-corrected chi connectivity index (χ1v) is 10.3. The van der Waals surface area contributed by atoms with Crippen molar-refractivity contribution in [2.24, 2.45) is 0 Å². The molecule has 1 unspecified atom stereocenters. The lowest BCUT2D eigenvalue weighted by Crippen LogP contribution is -2.20. The highest BCUT2D eigenvalue weighted by Crippen LogP contribution is 2.34. The van der Waals surface area contributed by atoms with Crippen LogP contribution in [0.3, 0.4) is 0 Å². The smallest absolute Gasteiger partial charge is 0.319 e. The second-order valence-electron chi connectivity index (χ2n) is 5.89. The SMILES string of the molecule is CCOCCOC(=O)C(C)Sc1nc2sc3c(c2c(=O)[nH]1)CCCC3. The molecule has 136 valence electrons. The number of nitrogens with one attached hydrogen (secondary N) is 1. The molecule has 3 rings (SSSR count). The monoisotopic (exact) mass is 382 g/mol. The molecule has 0 bridgehead atoms. The molecule has 0 aromatic carbocycles. The van der Waals surface area contributed by atoms with Crippen molar-refractivity contribution in [3.05, 3.63) is 20.8 Å².